The molecule has 0 spiro atoms. The molecule has 2 aliphatic heterocycles. The van der Waals surface area contributed by atoms with Gasteiger partial charge in [0.25, 0.3) is 0 Å². The number of piperidine rings is 1. The van der Waals surface area contributed by atoms with Gasteiger partial charge in [-0.2, -0.15) is 0 Å². The molecule has 1 N–H and O–H groups in total. The van der Waals surface area contributed by atoms with Gasteiger partial charge < -0.3 is 14.8 Å². The normalized spacial score (nSPS) is 27.2. The molecule has 2 aliphatic rings. The Kier molecular flexibility index (Phi) is 5.79. The van der Waals surface area contributed by atoms with E-state index in [4.69, 9.17) is 9.47 Å². The molecule has 0 aliphatic carbocycles. The summed E-state index contributed by atoms with van der Waals surface area (Å²) >= 11 is 0. The minimum Gasteiger partial charge on any atom is -0.469 e. The number of methoxy groups -OCH3 is 1. The van der Waals surface area contributed by atoms with Crippen molar-refractivity contribution in [1.29, 1.82) is 0 Å². The zero-order valence-corrected chi connectivity index (χ0v) is 12.1. The number of carbonyl (C=O) groups excluding carboxylic acids is 2. The zero-order valence-electron chi connectivity index (χ0n) is 12.1. The number of esters is 1. The van der Waals surface area contributed by atoms with Crippen molar-refractivity contribution in [2.45, 2.75) is 31.8 Å². The molecule has 2 rings (SSSR count). The van der Waals surface area contributed by atoms with Gasteiger partial charge in [0, 0.05) is 19.7 Å². The lowest BCUT2D eigenvalue weighted by Gasteiger charge is -2.30. The van der Waals surface area contributed by atoms with Crippen molar-refractivity contribution in [2.24, 2.45) is 5.92 Å². The standard InChI is InChI=1S/C14H24N2O4/c1-19-14(18)11-4-2-6-16(9-11)10-13(17)15-8-12-5-3-7-20-12/h11-12H,2-10H2,1H3,(H,15,17). The van der Waals surface area contributed by atoms with Crippen molar-refractivity contribution in [2.75, 3.05) is 39.9 Å². The van der Waals surface area contributed by atoms with Gasteiger partial charge in [0.2, 0.25) is 5.91 Å². The number of rotatable bonds is 5. The molecule has 0 aromatic heterocycles. The predicted octanol–water partition coefficient (Wildman–Crippen LogP) is 0.167. The van der Waals surface area contributed by atoms with Gasteiger partial charge in [-0.05, 0) is 32.2 Å². The minimum atomic E-state index is -0.172. The summed E-state index contributed by atoms with van der Waals surface area (Å²) in [7, 11) is 1.41. The second-order valence-electron chi connectivity index (χ2n) is 5.54. The van der Waals surface area contributed by atoms with Crippen LogP contribution in [0.3, 0.4) is 0 Å². The minimum absolute atomic E-state index is 0.00557. The number of nitrogens with one attached hydrogen (secondary N) is 1. The number of hydrogen-bond donors (Lipinski definition) is 1. The van der Waals surface area contributed by atoms with Gasteiger partial charge in [-0.25, -0.2) is 0 Å². The second-order valence-corrected chi connectivity index (χ2v) is 5.54. The molecule has 0 aromatic rings. The molecule has 0 saturated carbocycles. The van der Waals surface area contributed by atoms with Crippen LogP contribution in [-0.4, -0.2) is 62.8 Å². The van der Waals surface area contributed by atoms with Gasteiger partial charge in [0.1, 0.15) is 0 Å². The van der Waals surface area contributed by atoms with Crippen molar-refractivity contribution >= 4 is 11.9 Å². The van der Waals surface area contributed by atoms with Crippen LogP contribution in [0.15, 0.2) is 0 Å². The maximum absolute atomic E-state index is 11.9. The van der Waals surface area contributed by atoms with E-state index >= 15 is 0 Å². The number of nitrogens with zero attached hydrogens (tertiary/aromatic N) is 1. The van der Waals surface area contributed by atoms with E-state index in [2.05, 4.69) is 5.32 Å². The van der Waals surface area contributed by atoms with Crippen LogP contribution in [0.4, 0.5) is 0 Å². The van der Waals surface area contributed by atoms with Crippen molar-refractivity contribution in [1.82, 2.24) is 10.2 Å². The Morgan fingerprint density at radius 3 is 2.90 bits per heavy atom. The maximum atomic E-state index is 11.9. The van der Waals surface area contributed by atoms with E-state index in [0.717, 1.165) is 38.8 Å². The summed E-state index contributed by atoms with van der Waals surface area (Å²) in [5.41, 5.74) is 0. The van der Waals surface area contributed by atoms with E-state index in [1.54, 1.807) is 0 Å². The molecule has 2 unspecified atom stereocenters. The second kappa shape index (κ2) is 7.59. The van der Waals surface area contributed by atoms with E-state index in [1.807, 2.05) is 4.90 Å². The van der Waals surface area contributed by atoms with Crippen molar-refractivity contribution in [3.8, 4) is 0 Å². The lowest BCUT2D eigenvalue weighted by molar-refractivity contribution is -0.147. The highest BCUT2D eigenvalue weighted by molar-refractivity contribution is 5.78. The van der Waals surface area contributed by atoms with Gasteiger partial charge in [0.15, 0.2) is 0 Å². The van der Waals surface area contributed by atoms with Gasteiger partial charge in [0.05, 0.1) is 25.7 Å². The summed E-state index contributed by atoms with van der Waals surface area (Å²) in [5, 5.41) is 2.91. The Hall–Kier alpha value is -1.14. The number of carbonyl (C=O) groups is 2. The third-order valence-electron chi connectivity index (χ3n) is 3.96. The number of likely N-dealkylation sites (tertiary alicyclic amines) is 1. The van der Waals surface area contributed by atoms with Crippen molar-refractivity contribution in [3.63, 3.8) is 0 Å². The molecule has 2 atom stereocenters. The van der Waals surface area contributed by atoms with Gasteiger partial charge in [-0.1, -0.05) is 0 Å². The van der Waals surface area contributed by atoms with Crippen LogP contribution in [0.5, 0.6) is 0 Å². The van der Waals surface area contributed by atoms with Crippen LogP contribution in [0.1, 0.15) is 25.7 Å². The molecule has 1 amide bonds. The van der Waals surface area contributed by atoms with Gasteiger partial charge in [-0.15, -0.1) is 0 Å². The van der Waals surface area contributed by atoms with Crippen LogP contribution >= 0.6 is 0 Å². The maximum Gasteiger partial charge on any atom is 0.309 e. The molecule has 6 heteroatoms. The summed E-state index contributed by atoms with van der Waals surface area (Å²) < 4.78 is 10.2. The smallest absolute Gasteiger partial charge is 0.309 e. The molecule has 0 radical (unpaired) electrons. The molecular formula is C14H24N2O4. The Morgan fingerprint density at radius 1 is 1.35 bits per heavy atom. The van der Waals surface area contributed by atoms with Crippen LogP contribution < -0.4 is 5.32 Å². The van der Waals surface area contributed by atoms with Crippen LogP contribution in [0.2, 0.25) is 0 Å². The highest BCUT2D eigenvalue weighted by Gasteiger charge is 2.27. The molecule has 0 bridgehead atoms. The van der Waals surface area contributed by atoms with E-state index in [-0.39, 0.29) is 23.9 Å². The summed E-state index contributed by atoms with van der Waals surface area (Å²) in [6, 6.07) is 0. The molecule has 20 heavy (non-hydrogen) atoms. The van der Waals surface area contributed by atoms with E-state index < -0.39 is 0 Å². The third-order valence-corrected chi connectivity index (χ3v) is 3.96. The molecule has 2 saturated heterocycles. The summed E-state index contributed by atoms with van der Waals surface area (Å²) in [6.45, 7) is 3.21. The Labute approximate surface area is 119 Å². The van der Waals surface area contributed by atoms with Gasteiger partial charge >= 0.3 is 5.97 Å². The van der Waals surface area contributed by atoms with Crippen molar-refractivity contribution in [3.05, 3.63) is 0 Å². The van der Waals surface area contributed by atoms with Crippen LogP contribution in [-0.2, 0) is 19.1 Å². The Morgan fingerprint density at radius 2 is 2.20 bits per heavy atom. The first-order chi connectivity index (χ1) is 9.69. The monoisotopic (exact) mass is 284 g/mol. The lowest BCUT2D eigenvalue weighted by atomic mass is 9.98. The first-order valence-corrected chi connectivity index (χ1v) is 7.37. The fourth-order valence-corrected chi connectivity index (χ4v) is 2.85. The first kappa shape index (κ1) is 15.3. The molecular weight excluding hydrogens is 260 g/mol. The molecule has 0 aromatic carbocycles. The molecule has 2 heterocycles. The lowest BCUT2D eigenvalue weighted by Crippen LogP contribution is -2.45. The summed E-state index contributed by atoms with van der Waals surface area (Å²) in [4.78, 5) is 25.4. The van der Waals surface area contributed by atoms with E-state index in [1.165, 1.54) is 7.11 Å². The zero-order chi connectivity index (χ0) is 14.4. The number of amides is 1. The SMILES string of the molecule is COC(=O)C1CCCN(CC(=O)NCC2CCCO2)C1. The average molecular weight is 284 g/mol. The van der Waals surface area contributed by atoms with Crippen LogP contribution in [0.25, 0.3) is 0 Å². The largest absolute Gasteiger partial charge is 0.469 e. The highest BCUT2D eigenvalue weighted by Crippen LogP contribution is 2.17. The molecule has 2 fully saturated rings. The summed E-state index contributed by atoms with van der Waals surface area (Å²) in [5.74, 6) is -0.264. The first-order valence-electron chi connectivity index (χ1n) is 7.37. The third kappa shape index (κ3) is 4.45. The van der Waals surface area contributed by atoms with Crippen LogP contribution in [0, 0.1) is 5.92 Å². The molecule has 6 nitrogen and oxygen atoms in total. The quantitative estimate of drug-likeness (QED) is 0.729. The Bertz CT molecular complexity index is 342. The molecule has 114 valence electrons. The van der Waals surface area contributed by atoms with E-state index in [9.17, 15) is 9.59 Å². The predicted molar refractivity (Wildman–Crippen MR) is 73.2 cm³/mol. The fourth-order valence-electron chi connectivity index (χ4n) is 2.85. The highest BCUT2D eigenvalue weighted by atomic mass is 16.5. The van der Waals surface area contributed by atoms with E-state index in [0.29, 0.717) is 19.6 Å². The number of ether oxygens (including phenoxy) is 2. The number of hydrogen-bond acceptors (Lipinski definition) is 5. The Balaban J connectivity index is 1.68. The summed E-state index contributed by atoms with van der Waals surface area (Å²) in [6.07, 6.45) is 4.05. The average Bonchev–Trinajstić information content (AvgIpc) is 2.98. The fraction of sp³-hybridized carbons (Fsp3) is 0.857. The topological polar surface area (TPSA) is 67.9 Å². The van der Waals surface area contributed by atoms with Gasteiger partial charge in [-0.3, -0.25) is 14.5 Å². The van der Waals surface area contributed by atoms with Crippen molar-refractivity contribution < 1.29 is 19.1 Å².